The number of hydrogen-bond acceptors (Lipinski definition) is 4. The number of benzene rings is 2. The molecule has 3 rings (SSSR count). The molecule has 0 unspecified atom stereocenters. The highest BCUT2D eigenvalue weighted by Gasteiger charge is 2.09. The maximum Gasteiger partial charge on any atom is 0.240 e. The molecule has 0 atom stereocenters. The summed E-state index contributed by atoms with van der Waals surface area (Å²) in [6, 6.07) is 15.4. The molecule has 0 aliphatic rings. The molecule has 0 radical (unpaired) electrons. The molecule has 0 saturated carbocycles. The Labute approximate surface area is 130 Å². The van der Waals surface area contributed by atoms with Crippen LogP contribution >= 0.6 is 15.9 Å². The van der Waals surface area contributed by atoms with E-state index in [9.17, 15) is 0 Å². The molecule has 21 heavy (non-hydrogen) atoms. The van der Waals surface area contributed by atoms with Gasteiger partial charge in [-0.3, -0.25) is 0 Å². The smallest absolute Gasteiger partial charge is 0.240 e. The molecule has 0 aliphatic carbocycles. The Kier molecular flexibility index (Phi) is 3.66. The van der Waals surface area contributed by atoms with Gasteiger partial charge in [-0.15, -0.1) is 0 Å². The molecule has 0 amide bonds. The average Bonchev–Trinajstić information content (AvgIpc) is 2.52. The van der Waals surface area contributed by atoms with Crippen molar-refractivity contribution in [1.29, 1.82) is 0 Å². The summed E-state index contributed by atoms with van der Waals surface area (Å²) in [5, 5.41) is 2.22. The van der Waals surface area contributed by atoms with Crippen molar-refractivity contribution in [2.24, 2.45) is 0 Å². The summed E-state index contributed by atoms with van der Waals surface area (Å²) < 4.78 is 11.8. The van der Waals surface area contributed by atoms with Crippen molar-refractivity contribution in [3.63, 3.8) is 0 Å². The fraction of sp³-hybridized carbons (Fsp3) is 0.0625. The fourth-order valence-electron chi connectivity index (χ4n) is 2.06. The van der Waals surface area contributed by atoms with Gasteiger partial charge in [0.05, 0.1) is 17.3 Å². The van der Waals surface area contributed by atoms with Crippen LogP contribution in [0.4, 0.5) is 5.69 Å². The highest BCUT2D eigenvalue weighted by atomic mass is 79.9. The van der Waals surface area contributed by atoms with Crippen molar-refractivity contribution in [1.82, 2.24) is 4.98 Å². The van der Waals surface area contributed by atoms with Crippen LogP contribution in [0.3, 0.4) is 0 Å². The van der Waals surface area contributed by atoms with Gasteiger partial charge in [0.15, 0.2) is 0 Å². The van der Waals surface area contributed by atoms with Crippen LogP contribution in [0.15, 0.2) is 53.0 Å². The summed E-state index contributed by atoms with van der Waals surface area (Å²) in [7, 11) is 1.52. The molecular weight excluding hydrogens is 332 g/mol. The second-order valence-corrected chi connectivity index (χ2v) is 5.24. The molecule has 0 spiro atoms. The van der Waals surface area contributed by atoms with E-state index in [2.05, 4.69) is 20.9 Å². The minimum Gasteiger partial charge on any atom is -0.479 e. The van der Waals surface area contributed by atoms with Crippen LogP contribution in [0.25, 0.3) is 10.8 Å². The zero-order valence-electron chi connectivity index (χ0n) is 11.3. The topological polar surface area (TPSA) is 57.4 Å². The highest BCUT2D eigenvalue weighted by molar-refractivity contribution is 9.10. The number of rotatable bonds is 3. The summed E-state index contributed by atoms with van der Waals surface area (Å²) in [5.74, 6) is 1.47. The Bertz CT molecular complexity index is 805. The van der Waals surface area contributed by atoms with Gasteiger partial charge in [0, 0.05) is 6.07 Å². The van der Waals surface area contributed by atoms with Crippen LogP contribution in [0.1, 0.15) is 0 Å². The number of fused-ring (bicyclic) bond motifs is 1. The van der Waals surface area contributed by atoms with Crippen molar-refractivity contribution < 1.29 is 9.47 Å². The minimum atomic E-state index is 0.351. The van der Waals surface area contributed by atoms with Crippen LogP contribution in [-0.4, -0.2) is 12.1 Å². The molecular formula is C16H13BrN2O2. The number of nitrogen functional groups attached to an aromatic ring is 1. The first kappa shape index (κ1) is 13.7. The van der Waals surface area contributed by atoms with Crippen molar-refractivity contribution in [3.8, 4) is 17.5 Å². The van der Waals surface area contributed by atoms with E-state index in [4.69, 9.17) is 15.2 Å². The molecule has 0 bridgehead atoms. The number of aromatic nitrogens is 1. The first-order chi connectivity index (χ1) is 10.2. The van der Waals surface area contributed by atoms with Gasteiger partial charge in [0.25, 0.3) is 0 Å². The molecule has 1 heterocycles. The molecule has 3 aromatic rings. The Hall–Kier alpha value is -2.27. The second kappa shape index (κ2) is 5.61. The van der Waals surface area contributed by atoms with Crippen molar-refractivity contribution in [2.75, 3.05) is 12.8 Å². The predicted molar refractivity (Wildman–Crippen MR) is 86.9 cm³/mol. The Morgan fingerprint density at radius 1 is 1.05 bits per heavy atom. The van der Waals surface area contributed by atoms with E-state index in [0.717, 1.165) is 15.2 Å². The number of hydrogen-bond donors (Lipinski definition) is 1. The Balaban J connectivity index is 2.00. The van der Waals surface area contributed by atoms with E-state index in [1.165, 1.54) is 7.11 Å². The fourth-order valence-corrected chi connectivity index (χ4v) is 2.63. The molecule has 2 N–H and O–H groups in total. The summed E-state index contributed by atoms with van der Waals surface area (Å²) in [6.07, 6.45) is 0. The third kappa shape index (κ3) is 2.64. The van der Waals surface area contributed by atoms with Crippen molar-refractivity contribution >= 4 is 32.4 Å². The molecule has 0 saturated heterocycles. The number of anilines is 1. The van der Waals surface area contributed by atoms with Crippen LogP contribution in [0.5, 0.6) is 17.5 Å². The largest absolute Gasteiger partial charge is 0.479 e. The van der Waals surface area contributed by atoms with Crippen molar-refractivity contribution in [2.45, 2.75) is 0 Å². The van der Waals surface area contributed by atoms with Gasteiger partial charge in [-0.1, -0.05) is 30.3 Å². The number of pyridine rings is 1. The van der Waals surface area contributed by atoms with Gasteiger partial charge < -0.3 is 15.2 Å². The van der Waals surface area contributed by atoms with E-state index in [-0.39, 0.29) is 0 Å². The minimum absolute atomic E-state index is 0.351. The molecule has 106 valence electrons. The third-order valence-electron chi connectivity index (χ3n) is 3.10. The number of ether oxygens (including phenoxy) is 2. The molecule has 1 aromatic heterocycles. The first-order valence-electron chi connectivity index (χ1n) is 6.34. The van der Waals surface area contributed by atoms with Crippen LogP contribution in [-0.2, 0) is 0 Å². The maximum absolute atomic E-state index is 5.82. The zero-order valence-corrected chi connectivity index (χ0v) is 12.9. The van der Waals surface area contributed by atoms with Crippen LogP contribution < -0.4 is 15.2 Å². The normalized spacial score (nSPS) is 10.6. The number of nitrogens with two attached hydrogens (primary N) is 1. The summed E-state index contributed by atoms with van der Waals surface area (Å²) in [4.78, 5) is 4.22. The average molecular weight is 345 g/mol. The van der Waals surface area contributed by atoms with Crippen LogP contribution in [0, 0.1) is 0 Å². The quantitative estimate of drug-likeness (QED) is 0.765. The highest BCUT2D eigenvalue weighted by Crippen LogP contribution is 2.36. The van der Waals surface area contributed by atoms with Gasteiger partial charge >= 0.3 is 0 Å². The van der Waals surface area contributed by atoms with Gasteiger partial charge in [-0.25, -0.2) is 0 Å². The van der Waals surface area contributed by atoms with E-state index < -0.39 is 0 Å². The van der Waals surface area contributed by atoms with E-state index in [0.29, 0.717) is 23.2 Å². The molecule has 0 aliphatic heterocycles. The Morgan fingerprint density at radius 3 is 2.67 bits per heavy atom. The summed E-state index contributed by atoms with van der Waals surface area (Å²) >= 11 is 3.58. The predicted octanol–water partition coefficient (Wildman–Crippen LogP) is 4.38. The van der Waals surface area contributed by atoms with E-state index >= 15 is 0 Å². The standard InChI is InChI=1S/C16H13BrN2O2/c1-20-16-12(18)7-9-14(19-16)21-13-8-6-10-4-2-3-5-11(10)15(13)17/h2-9H,18H2,1H3. The lowest BCUT2D eigenvalue weighted by molar-refractivity contribution is 0.385. The van der Waals surface area contributed by atoms with Gasteiger partial charge in [0.1, 0.15) is 5.75 Å². The lowest BCUT2D eigenvalue weighted by atomic mass is 10.1. The van der Waals surface area contributed by atoms with E-state index in [1.807, 2.05) is 36.4 Å². The molecule has 4 nitrogen and oxygen atoms in total. The number of nitrogens with zero attached hydrogens (tertiary/aromatic N) is 1. The zero-order chi connectivity index (χ0) is 14.8. The lowest BCUT2D eigenvalue weighted by Gasteiger charge is -2.10. The lowest BCUT2D eigenvalue weighted by Crippen LogP contribution is -1.97. The van der Waals surface area contributed by atoms with E-state index in [1.54, 1.807) is 12.1 Å². The number of halogens is 1. The molecule has 5 heteroatoms. The Morgan fingerprint density at radius 2 is 1.86 bits per heavy atom. The SMILES string of the molecule is COc1nc(Oc2ccc3ccccc3c2Br)ccc1N. The van der Waals surface area contributed by atoms with Gasteiger partial charge in [-0.05, 0) is 38.8 Å². The molecule has 2 aromatic carbocycles. The maximum atomic E-state index is 5.82. The summed E-state index contributed by atoms with van der Waals surface area (Å²) in [6.45, 7) is 0. The van der Waals surface area contributed by atoms with Gasteiger partial charge in [0.2, 0.25) is 11.8 Å². The molecule has 0 fully saturated rings. The van der Waals surface area contributed by atoms with Crippen LogP contribution in [0.2, 0.25) is 0 Å². The number of methoxy groups -OCH3 is 1. The van der Waals surface area contributed by atoms with Gasteiger partial charge in [-0.2, -0.15) is 4.98 Å². The monoisotopic (exact) mass is 344 g/mol. The summed E-state index contributed by atoms with van der Waals surface area (Å²) in [5.41, 5.74) is 6.22. The first-order valence-corrected chi connectivity index (χ1v) is 7.14. The second-order valence-electron chi connectivity index (χ2n) is 4.45. The van der Waals surface area contributed by atoms with Crippen molar-refractivity contribution in [3.05, 3.63) is 53.0 Å². The third-order valence-corrected chi connectivity index (χ3v) is 3.92.